The van der Waals surface area contributed by atoms with Crippen LogP contribution in [0, 0.1) is 0 Å². The molecule has 0 aliphatic carbocycles. The Bertz CT molecular complexity index is 238. The van der Waals surface area contributed by atoms with Crippen molar-refractivity contribution in [2.24, 2.45) is 0 Å². The monoisotopic (exact) mass is 215 g/mol. The van der Waals surface area contributed by atoms with Crippen molar-refractivity contribution in [3.05, 3.63) is 0 Å². The van der Waals surface area contributed by atoms with Crippen LogP contribution in [-0.2, 0) is 9.47 Å². The van der Waals surface area contributed by atoms with Gasteiger partial charge < -0.3 is 19.5 Å². The molecule has 0 aromatic carbocycles. The molecule has 0 saturated carbocycles. The van der Waals surface area contributed by atoms with Crippen LogP contribution in [0.2, 0.25) is 0 Å². The average molecular weight is 215 g/mol. The first-order valence-corrected chi connectivity index (χ1v) is 5.42. The molecule has 1 spiro atoms. The first-order valence-electron chi connectivity index (χ1n) is 5.42. The minimum Gasteiger partial charge on any atom is -0.440 e. The fraction of sp³-hybridized carbons (Fsp3) is 0.900. The van der Waals surface area contributed by atoms with Gasteiger partial charge in [0.25, 0.3) is 0 Å². The molecule has 1 unspecified atom stereocenters. The Morgan fingerprint density at radius 1 is 1.47 bits per heavy atom. The maximum absolute atomic E-state index is 11.6. The number of carbonyl (C=O) groups excluding carboxylic acids is 1. The van der Waals surface area contributed by atoms with E-state index in [2.05, 4.69) is 0 Å². The zero-order valence-corrected chi connectivity index (χ0v) is 8.78. The van der Waals surface area contributed by atoms with Gasteiger partial charge in [-0.15, -0.1) is 0 Å². The molecule has 15 heavy (non-hydrogen) atoms. The molecule has 2 rings (SSSR count). The van der Waals surface area contributed by atoms with Gasteiger partial charge in [0.1, 0.15) is 5.60 Å². The van der Waals surface area contributed by atoms with Crippen LogP contribution in [0.25, 0.3) is 0 Å². The summed E-state index contributed by atoms with van der Waals surface area (Å²) in [6, 6.07) is 0. The van der Waals surface area contributed by atoms with E-state index in [4.69, 9.17) is 14.6 Å². The molecule has 2 aliphatic heterocycles. The summed E-state index contributed by atoms with van der Waals surface area (Å²) < 4.78 is 10.7. The summed E-state index contributed by atoms with van der Waals surface area (Å²) >= 11 is 0. The molecule has 0 aromatic rings. The van der Waals surface area contributed by atoms with E-state index < -0.39 is 0 Å². The normalized spacial score (nSPS) is 31.0. The predicted octanol–water partition coefficient (Wildman–Crippen LogP) is 0.370. The van der Waals surface area contributed by atoms with Crippen LogP contribution in [0.4, 0.5) is 4.79 Å². The quantitative estimate of drug-likeness (QED) is 0.739. The molecule has 2 heterocycles. The van der Waals surface area contributed by atoms with E-state index in [1.807, 2.05) is 0 Å². The van der Waals surface area contributed by atoms with Crippen molar-refractivity contribution in [1.82, 2.24) is 4.90 Å². The number of carbonyl (C=O) groups is 1. The fourth-order valence-corrected chi connectivity index (χ4v) is 2.06. The number of hydrogen-bond donors (Lipinski definition) is 1. The molecule has 1 atom stereocenters. The van der Waals surface area contributed by atoms with Gasteiger partial charge in [-0.1, -0.05) is 0 Å². The molecule has 0 radical (unpaired) electrons. The topological polar surface area (TPSA) is 59.0 Å². The minimum atomic E-state index is -0.354. The molecule has 5 nitrogen and oxygen atoms in total. The second kappa shape index (κ2) is 4.37. The number of aliphatic hydroxyl groups is 1. The zero-order chi connectivity index (χ0) is 10.7. The van der Waals surface area contributed by atoms with Gasteiger partial charge in [0.2, 0.25) is 0 Å². The number of nitrogens with zero attached hydrogens (tertiary/aromatic N) is 1. The largest absolute Gasteiger partial charge is 0.440 e. The van der Waals surface area contributed by atoms with E-state index in [0.29, 0.717) is 32.7 Å². The van der Waals surface area contributed by atoms with E-state index >= 15 is 0 Å². The van der Waals surface area contributed by atoms with E-state index in [0.717, 1.165) is 12.8 Å². The molecular formula is C10H17NO4. The molecule has 0 bridgehead atoms. The Kier molecular flexibility index (Phi) is 3.11. The smallest absolute Gasteiger partial charge is 0.410 e. The summed E-state index contributed by atoms with van der Waals surface area (Å²) in [5.41, 5.74) is -0.354. The summed E-state index contributed by atoms with van der Waals surface area (Å²) in [7, 11) is 0. The maximum Gasteiger partial charge on any atom is 0.410 e. The standard InChI is InChI=1S/C10H17NO4/c12-6-1-4-11-5-2-10(15-9(11)13)3-7-14-8-10/h12H,1-8H2. The molecule has 2 saturated heterocycles. The van der Waals surface area contributed by atoms with Crippen molar-refractivity contribution in [2.45, 2.75) is 24.9 Å². The number of amides is 1. The van der Waals surface area contributed by atoms with Crippen LogP contribution in [-0.4, -0.2) is 54.6 Å². The van der Waals surface area contributed by atoms with Crippen molar-refractivity contribution in [3.63, 3.8) is 0 Å². The van der Waals surface area contributed by atoms with Gasteiger partial charge in [-0.05, 0) is 6.42 Å². The van der Waals surface area contributed by atoms with Crippen LogP contribution >= 0.6 is 0 Å². The van der Waals surface area contributed by atoms with Gasteiger partial charge >= 0.3 is 6.09 Å². The van der Waals surface area contributed by atoms with E-state index in [-0.39, 0.29) is 18.3 Å². The minimum absolute atomic E-state index is 0.109. The Morgan fingerprint density at radius 2 is 2.33 bits per heavy atom. The fourth-order valence-electron chi connectivity index (χ4n) is 2.06. The number of aliphatic hydroxyl groups excluding tert-OH is 1. The van der Waals surface area contributed by atoms with Crippen LogP contribution in [0.5, 0.6) is 0 Å². The summed E-state index contributed by atoms with van der Waals surface area (Å²) in [5.74, 6) is 0. The molecule has 0 aromatic heterocycles. The molecule has 1 amide bonds. The lowest BCUT2D eigenvalue weighted by Crippen LogP contribution is -2.50. The molecule has 2 aliphatic rings. The SMILES string of the molecule is O=C1OC2(CCOC2)CCN1CCCO. The third kappa shape index (κ3) is 2.23. The Labute approximate surface area is 89.0 Å². The highest BCUT2D eigenvalue weighted by Gasteiger charge is 2.43. The highest BCUT2D eigenvalue weighted by molar-refractivity contribution is 5.69. The average Bonchev–Trinajstić information content (AvgIpc) is 2.66. The van der Waals surface area contributed by atoms with Crippen molar-refractivity contribution in [1.29, 1.82) is 0 Å². The van der Waals surface area contributed by atoms with Crippen LogP contribution in [0.1, 0.15) is 19.3 Å². The maximum atomic E-state index is 11.6. The van der Waals surface area contributed by atoms with Gasteiger partial charge in [-0.3, -0.25) is 0 Å². The lowest BCUT2D eigenvalue weighted by molar-refractivity contribution is -0.0515. The van der Waals surface area contributed by atoms with Gasteiger partial charge in [0.15, 0.2) is 0 Å². The lowest BCUT2D eigenvalue weighted by atomic mass is 9.97. The van der Waals surface area contributed by atoms with E-state index in [1.165, 1.54) is 0 Å². The van der Waals surface area contributed by atoms with Crippen LogP contribution in [0.3, 0.4) is 0 Å². The molecular weight excluding hydrogens is 198 g/mol. The van der Waals surface area contributed by atoms with Gasteiger partial charge in [0, 0.05) is 32.5 Å². The van der Waals surface area contributed by atoms with Crippen molar-refractivity contribution >= 4 is 6.09 Å². The van der Waals surface area contributed by atoms with E-state index in [1.54, 1.807) is 4.90 Å². The zero-order valence-electron chi connectivity index (χ0n) is 8.78. The Balaban J connectivity index is 1.88. The predicted molar refractivity (Wildman–Crippen MR) is 52.5 cm³/mol. The summed E-state index contributed by atoms with van der Waals surface area (Å²) in [6.45, 7) is 2.61. The van der Waals surface area contributed by atoms with Gasteiger partial charge in [-0.2, -0.15) is 0 Å². The first-order chi connectivity index (χ1) is 7.26. The summed E-state index contributed by atoms with van der Waals surface area (Å²) in [4.78, 5) is 13.3. The number of ether oxygens (including phenoxy) is 2. The van der Waals surface area contributed by atoms with Crippen molar-refractivity contribution in [3.8, 4) is 0 Å². The second-order valence-corrected chi connectivity index (χ2v) is 4.17. The lowest BCUT2D eigenvalue weighted by Gasteiger charge is -2.37. The van der Waals surface area contributed by atoms with E-state index in [9.17, 15) is 4.79 Å². The Hall–Kier alpha value is -0.810. The third-order valence-electron chi connectivity index (χ3n) is 3.05. The Morgan fingerprint density at radius 3 is 2.93 bits per heavy atom. The number of rotatable bonds is 3. The summed E-state index contributed by atoms with van der Waals surface area (Å²) in [5, 5.41) is 8.69. The third-order valence-corrected chi connectivity index (χ3v) is 3.05. The highest BCUT2D eigenvalue weighted by Crippen LogP contribution is 2.31. The van der Waals surface area contributed by atoms with Crippen molar-refractivity contribution < 1.29 is 19.4 Å². The molecule has 2 fully saturated rings. The molecule has 1 N–H and O–H groups in total. The van der Waals surface area contributed by atoms with Gasteiger partial charge in [-0.25, -0.2) is 4.79 Å². The molecule has 86 valence electrons. The second-order valence-electron chi connectivity index (χ2n) is 4.17. The van der Waals surface area contributed by atoms with Crippen LogP contribution in [0.15, 0.2) is 0 Å². The number of hydrogen-bond acceptors (Lipinski definition) is 4. The first kappa shape index (κ1) is 10.7. The van der Waals surface area contributed by atoms with Crippen molar-refractivity contribution in [2.75, 3.05) is 32.9 Å². The highest BCUT2D eigenvalue weighted by atomic mass is 16.6. The van der Waals surface area contributed by atoms with Crippen LogP contribution < -0.4 is 0 Å². The summed E-state index contributed by atoms with van der Waals surface area (Å²) in [6.07, 6.45) is 2.00. The molecule has 5 heteroatoms. The van der Waals surface area contributed by atoms with Gasteiger partial charge in [0.05, 0.1) is 13.2 Å².